The first kappa shape index (κ1) is 22.3. The highest BCUT2D eigenvalue weighted by Crippen LogP contribution is 2.51. The van der Waals surface area contributed by atoms with Gasteiger partial charge in [0.15, 0.2) is 0 Å². The van der Waals surface area contributed by atoms with Gasteiger partial charge in [0.1, 0.15) is 17.9 Å². The van der Waals surface area contributed by atoms with E-state index in [1.165, 1.54) is 12.1 Å². The molecule has 0 aliphatic heterocycles. The molecule has 4 rings (SSSR count). The van der Waals surface area contributed by atoms with Gasteiger partial charge in [-0.3, -0.25) is 9.78 Å². The Hall–Kier alpha value is -2.92. The number of aliphatic hydroxyl groups is 1. The largest absolute Gasteiger partial charge is 0.393 e. The molecule has 1 heterocycles. The molecular weight excluding hydrogens is 405 g/mol. The number of aliphatic hydroxyl groups excluding tert-OH is 1. The van der Waals surface area contributed by atoms with Crippen LogP contribution in [0.15, 0.2) is 60.8 Å². The van der Waals surface area contributed by atoms with E-state index in [1.807, 2.05) is 30.4 Å². The maximum Gasteiger partial charge on any atom is 0.137 e. The van der Waals surface area contributed by atoms with Gasteiger partial charge in [0.2, 0.25) is 0 Å². The minimum absolute atomic E-state index is 0.0614. The molecule has 1 N–H and O–H groups in total. The van der Waals surface area contributed by atoms with E-state index < -0.39 is 6.10 Å². The Morgan fingerprint density at radius 3 is 2.72 bits per heavy atom. The SMILES string of the molecule is C=C1CC(=O)C[C@H]2C[C@@H](C=O)[C@@H]([C@@H](C)O)[C@@H](/C=C/c3ccc(-c4cccc(F)c4)cn3)C12. The fourth-order valence-electron chi connectivity index (χ4n) is 5.67. The number of halogens is 1. The number of hydrogen-bond donors (Lipinski definition) is 1. The zero-order chi connectivity index (χ0) is 22.8. The number of allylic oxidation sites excluding steroid dienone is 2. The molecule has 166 valence electrons. The topological polar surface area (TPSA) is 67.3 Å². The quantitative estimate of drug-likeness (QED) is 0.539. The van der Waals surface area contributed by atoms with Crippen LogP contribution in [0.1, 0.15) is 31.9 Å². The van der Waals surface area contributed by atoms with Crippen molar-refractivity contribution in [2.24, 2.45) is 29.6 Å². The van der Waals surface area contributed by atoms with E-state index in [0.29, 0.717) is 19.3 Å². The summed E-state index contributed by atoms with van der Waals surface area (Å²) in [7, 11) is 0. The standard InChI is InChI=1S/C27H28FNO3/c1-16-10-24(32)13-20-11-21(15-30)27(17(2)31)25(26(16)20)9-8-23-7-6-19(14-29-23)18-4-3-5-22(28)12-18/h3-9,12,14-15,17,20-21,25-27,31H,1,10-11,13H2,2H3/b9-8+/t17-,20-,21+,25+,26?,27-/m1/s1. The molecule has 0 radical (unpaired) electrons. The van der Waals surface area contributed by atoms with Crippen molar-refractivity contribution in [2.45, 2.75) is 32.3 Å². The van der Waals surface area contributed by atoms with E-state index in [-0.39, 0.29) is 41.2 Å². The number of aldehydes is 1. The van der Waals surface area contributed by atoms with Crippen LogP contribution in [0.4, 0.5) is 4.39 Å². The monoisotopic (exact) mass is 433 g/mol. The Labute approximate surface area is 187 Å². The molecular formula is C27H28FNO3. The van der Waals surface area contributed by atoms with Crippen molar-refractivity contribution in [3.63, 3.8) is 0 Å². The van der Waals surface area contributed by atoms with Gasteiger partial charge in [-0.05, 0) is 60.9 Å². The van der Waals surface area contributed by atoms with E-state index in [2.05, 4.69) is 11.6 Å². The average molecular weight is 434 g/mol. The molecule has 2 saturated carbocycles. The lowest BCUT2D eigenvalue weighted by molar-refractivity contribution is -0.127. The zero-order valence-electron chi connectivity index (χ0n) is 18.2. The Morgan fingerprint density at radius 2 is 2.06 bits per heavy atom. The summed E-state index contributed by atoms with van der Waals surface area (Å²) in [6.07, 6.45) is 7.35. The highest BCUT2D eigenvalue weighted by atomic mass is 19.1. The molecule has 1 unspecified atom stereocenters. The summed E-state index contributed by atoms with van der Waals surface area (Å²) in [5.74, 6) is -0.617. The Bertz CT molecular complexity index is 1040. The number of hydrogen-bond acceptors (Lipinski definition) is 4. The van der Waals surface area contributed by atoms with Gasteiger partial charge >= 0.3 is 0 Å². The van der Waals surface area contributed by atoms with Gasteiger partial charge < -0.3 is 9.90 Å². The maximum absolute atomic E-state index is 13.5. The van der Waals surface area contributed by atoms with Gasteiger partial charge in [0.05, 0.1) is 11.8 Å². The first-order chi connectivity index (χ1) is 15.4. The number of fused-ring (bicyclic) bond motifs is 1. The van der Waals surface area contributed by atoms with Gasteiger partial charge in [-0.2, -0.15) is 0 Å². The van der Waals surface area contributed by atoms with Gasteiger partial charge in [-0.25, -0.2) is 4.39 Å². The second-order valence-corrected chi connectivity index (χ2v) is 9.14. The van der Waals surface area contributed by atoms with Crippen LogP contribution in [-0.2, 0) is 9.59 Å². The molecule has 0 amide bonds. The predicted octanol–water partition coefficient (Wildman–Crippen LogP) is 4.88. The van der Waals surface area contributed by atoms with Crippen molar-refractivity contribution in [1.82, 2.24) is 4.98 Å². The van der Waals surface area contributed by atoms with E-state index >= 15 is 0 Å². The lowest BCUT2D eigenvalue weighted by Crippen LogP contribution is -2.47. The highest BCUT2D eigenvalue weighted by Gasteiger charge is 2.48. The molecule has 2 aliphatic carbocycles. The molecule has 0 spiro atoms. The number of carbonyl (C=O) groups is 2. The van der Waals surface area contributed by atoms with E-state index in [9.17, 15) is 19.1 Å². The Balaban J connectivity index is 1.62. The zero-order valence-corrected chi connectivity index (χ0v) is 18.2. The van der Waals surface area contributed by atoms with Crippen molar-refractivity contribution in [3.8, 4) is 11.1 Å². The molecule has 2 aliphatic rings. The fourth-order valence-corrected chi connectivity index (χ4v) is 5.67. The summed E-state index contributed by atoms with van der Waals surface area (Å²) in [5, 5.41) is 10.5. The van der Waals surface area contributed by atoms with Crippen LogP contribution < -0.4 is 0 Å². The third kappa shape index (κ3) is 4.49. The van der Waals surface area contributed by atoms with Gasteiger partial charge in [-0.15, -0.1) is 0 Å². The summed E-state index contributed by atoms with van der Waals surface area (Å²) >= 11 is 0. The molecule has 2 aromatic rings. The number of Topliss-reactive ketones (excluding diaryl/α,β-unsaturated/α-hetero) is 1. The molecule has 1 aromatic heterocycles. The van der Waals surface area contributed by atoms with Gasteiger partial charge in [0.25, 0.3) is 0 Å². The molecule has 0 saturated heterocycles. The summed E-state index contributed by atoms with van der Waals surface area (Å²) in [6.45, 7) is 5.91. The molecule has 0 bridgehead atoms. The van der Waals surface area contributed by atoms with E-state index in [4.69, 9.17) is 0 Å². The van der Waals surface area contributed by atoms with Gasteiger partial charge in [-0.1, -0.05) is 36.4 Å². The maximum atomic E-state index is 13.5. The molecule has 6 atom stereocenters. The third-order valence-corrected chi connectivity index (χ3v) is 6.99. The van der Waals surface area contributed by atoms with Crippen molar-refractivity contribution < 1.29 is 19.1 Å². The summed E-state index contributed by atoms with van der Waals surface area (Å²) in [4.78, 5) is 28.5. The van der Waals surface area contributed by atoms with Crippen LogP contribution in [0.3, 0.4) is 0 Å². The summed E-state index contributed by atoms with van der Waals surface area (Å²) in [6, 6.07) is 10.1. The number of ketones is 1. The average Bonchev–Trinajstić information content (AvgIpc) is 2.76. The smallest absolute Gasteiger partial charge is 0.137 e. The molecule has 1 aromatic carbocycles. The number of aromatic nitrogens is 1. The molecule has 32 heavy (non-hydrogen) atoms. The lowest BCUT2D eigenvalue weighted by atomic mass is 9.55. The summed E-state index contributed by atoms with van der Waals surface area (Å²) < 4.78 is 13.5. The molecule has 2 fully saturated rings. The predicted molar refractivity (Wildman–Crippen MR) is 122 cm³/mol. The van der Waals surface area contributed by atoms with Crippen LogP contribution in [0.5, 0.6) is 0 Å². The van der Waals surface area contributed by atoms with Crippen LogP contribution in [0.25, 0.3) is 17.2 Å². The summed E-state index contributed by atoms with van der Waals surface area (Å²) in [5.41, 5.74) is 3.21. The number of nitrogens with zero attached hydrogens (tertiary/aromatic N) is 1. The normalized spacial score (nSPS) is 29.0. The second kappa shape index (κ2) is 9.29. The van der Waals surface area contributed by atoms with Gasteiger partial charge in [0, 0.05) is 36.4 Å². The Kier molecular flexibility index (Phi) is 6.47. The lowest BCUT2D eigenvalue weighted by Gasteiger charge is -2.48. The number of rotatable bonds is 5. The van der Waals surface area contributed by atoms with E-state index in [1.54, 1.807) is 19.2 Å². The number of benzene rings is 1. The minimum Gasteiger partial charge on any atom is -0.393 e. The van der Waals surface area contributed by atoms with E-state index in [0.717, 1.165) is 28.7 Å². The third-order valence-electron chi connectivity index (χ3n) is 6.99. The van der Waals surface area contributed by atoms with Crippen molar-refractivity contribution in [3.05, 3.63) is 72.3 Å². The first-order valence-electron chi connectivity index (χ1n) is 11.1. The second-order valence-electron chi connectivity index (χ2n) is 9.14. The van der Waals surface area contributed by atoms with Crippen LogP contribution >= 0.6 is 0 Å². The van der Waals surface area contributed by atoms with Crippen LogP contribution in [-0.4, -0.2) is 28.3 Å². The fraction of sp³-hybridized carbons (Fsp3) is 0.370. The number of pyridine rings is 1. The number of carbonyl (C=O) groups excluding carboxylic acids is 2. The van der Waals surface area contributed by atoms with Crippen molar-refractivity contribution in [2.75, 3.05) is 0 Å². The minimum atomic E-state index is -0.658. The van der Waals surface area contributed by atoms with Crippen LogP contribution in [0.2, 0.25) is 0 Å². The highest BCUT2D eigenvalue weighted by molar-refractivity contribution is 5.82. The Morgan fingerprint density at radius 1 is 1.25 bits per heavy atom. The van der Waals surface area contributed by atoms with Crippen molar-refractivity contribution >= 4 is 18.1 Å². The molecule has 4 nitrogen and oxygen atoms in total. The first-order valence-corrected chi connectivity index (χ1v) is 11.1. The van der Waals surface area contributed by atoms with Crippen molar-refractivity contribution in [1.29, 1.82) is 0 Å². The van der Waals surface area contributed by atoms with Crippen LogP contribution in [0, 0.1) is 35.4 Å². The molecule has 5 heteroatoms.